The number of nitrogens with one attached hydrogen (secondary N) is 1. The molecule has 2 rings (SSSR count). The first kappa shape index (κ1) is 26.4. The molecule has 0 radical (unpaired) electrons. The van der Waals surface area contributed by atoms with Gasteiger partial charge in [-0.2, -0.15) is 13.2 Å². The summed E-state index contributed by atoms with van der Waals surface area (Å²) in [6, 6.07) is 4.40. The fourth-order valence-corrected chi connectivity index (χ4v) is 3.74. The maximum absolute atomic E-state index is 14.8. The van der Waals surface area contributed by atoms with Crippen molar-refractivity contribution < 1.29 is 27.2 Å². The Hall–Kier alpha value is -1.81. The molecular weight excluding hydrogens is 562 g/mol. The minimum absolute atomic E-state index is 0.0262. The average molecular weight is 577 g/mol. The molecule has 0 aliphatic rings. The first-order chi connectivity index (χ1) is 14.7. The molecule has 0 bridgehead atoms. The minimum Gasteiger partial charge on any atom is -0.368 e. The molecule has 0 aliphatic heterocycles. The topological polar surface area (TPSA) is 72.2 Å². The van der Waals surface area contributed by atoms with Gasteiger partial charge in [-0.1, -0.05) is 40.9 Å². The smallest absolute Gasteiger partial charge is 0.368 e. The Labute approximate surface area is 203 Å². The summed E-state index contributed by atoms with van der Waals surface area (Å²) in [4.78, 5) is 23.3. The van der Waals surface area contributed by atoms with Crippen molar-refractivity contribution in [3.05, 3.63) is 72.6 Å². The van der Waals surface area contributed by atoms with Crippen LogP contribution >= 0.6 is 50.7 Å². The predicted molar refractivity (Wildman–Crippen MR) is 120 cm³/mol. The van der Waals surface area contributed by atoms with Crippen LogP contribution in [0.25, 0.3) is 5.83 Å². The van der Waals surface area contributed by atoms with E-state index in [-0.39, 0.29) is 30.7 Å². The molecule has 2 aromatic rings. The van der Waals surface area contributed by atoms with E-state index in [4.69, 9.17) is 40.5 Å². The normalized spacial score (nSPS) is 14.1. The molecular formula is C20H14BrCl3F4N2O2. The summed E-state index contributed by atoms with van der Waals surface area (Å²) in [6.45, 7) is 1.37. The lowest BCUT2D eigenvalue weighted by Gasteiger charge is -2.19. The number of allylic oxidation sites excluding steroid dienone is 1. The van der Waals surface area contributed by atoms with E-state index in [1.54, 1.807) is 0 Å². The minimum atomic E-state index is -4.86. The van der Waals surface area contributed by atoms with E-state index in [9.17, 15) is 27.2 Å². The second-order valence-electron chi connectivity index (χ2n) is 6.62. The van der Waals surface area contributed by atoms with E-state index >= 15 is 0 Å². The van der Waals surface area contributed by atoms with Crippen molar-refractivity contribution in [2.45, 2.75) is 25.1 Å². The highest BCUT2D eigenvalue weighted by molar-refractivity contribution is 9.10. The zero-order valence-corrected chi connectivity index (χ0v) is 19.9. The Bertz CT molecular complexity index is 1070. The molecule has 0 aliphatic carbocycles. The molecule has 0 fully saturated rings. The monoisotopic (exact) mass is 574 g/mol. The number of primary amides is 1. The summed E-state index contributed by atoms with van der Waals surface area (Å²) in [5.74, 6) is -5.01. The second-order valence-corrected chi connectivity index (χ2v) is 8.67. The zero-order valence-electron chi connectivity index (χ0n) is 16.0. The molecule has 3 N–H and O–H groups in total. The molecule has 32 heavy (non-hydrogen) atoms. The third-order valence-corrected chi connectivity index (χ3v) is 6.15. The van der Waals surface area contributed by atoms with Gasteiger partial charge in [0.2, 0.25) is 5.91 Å². The van der Waals surface area contributed by atoms with Crippen LogP contribution < -0.4 is 11.1 Å². The number of carbonyl (C=O) groups is 2. The third kappa shape index (κ3) is 6.37. The number of halogens is 8. The molecule has 1 unspecified atom stereocenters. The highest BCUT2D eigenvalue weighted by Gasteiger charge is 2.40. The summed E-state index contributed by atoms with van der Waals surface area (Å²) >= 11 is 20.5. The van der Waals surface area contributed by atoms with Gasteiger partial charge in [0.15, 0.2) is 0 Å². The number of carbonyl (C=O) groups excluding carboxylic acids is 2. The number of hydrogen-bond acceptors (Lipinski definition) is 2. The number of benzene rings is 2. The molecule has 0 heterocycles. The highest BCUT2D eigenvalue weighted by Crippen LogP contribution is 2.42. The van der Waals surface area contributed by atoms with Crippen molar-refractivity contribution in [3.8, 4) is 0 Å². The van der Waals surface area contributed by atoms with Crippen molar-refractivity contribution in [1.82, 2.24) is 5.32 Å². The molecule has 172 valence electrons. The first-order valence-electron chi connectivity index (χ1n) is 8.71. The molecule has 4 nitrogen and oxygen atoms in total. The van der Waals surface area contributed by atoms with E-state index in [2.05, 4.69) is 21.2 Å². The average Bonchev–Trinajstić information content (AvgIpc) is 2.68. The van der Waals surface area contributed by atoms with E-state index in [0.717, 1.165) is 24.3 Å². The van der Waals surface area contributed by atoms with Gasteiger partial charge in [0.25, 0.3) is 5.91 Å². The Morgan fingerprint density at radius 3 is 2.16 bits per heavy atom. The van der Waals surface area contributed by atoms with Crippen LogP contribution in [0.5, 0.6) is 0 Å². The highest BCUT2D eigenvalue weighted by atomic mass is 79.9. The van der Waals surface area contributed by atoms with E-state index < -0.39 is 41.3 Å². The SMILES string of the molecule is C[C@@H](NC(=O)c1ccc(/C(F)=C/C(c2cc(Cl)c(Cl)c(Cl)c2)C(F)(F)F)cc1Br)C(N)=O. The summed E-state index contributed by atoms with van der Waals surface area (Å²) in [7, 11) is 0. The second kappa shape index (κ2) is 10.4. The Morgan fingerprint density at radius 2 is 1.69 bits per heavy atom. The van der Waals surface area contributed by atoms with Crippen molar-refractivity contribution in [1.29, 1.82) is 0 Å². The van der Waals surface area contributed by atoms with Gasteiger partial charge in [-0.15, -0.1) is 0 Å². The van der Waals surface area contributed by atoms with Crippen LogP contribution in [0.2, 0.25) is 15.1 Å². The standard InChI is InChI=1S/C20H14BrCl3F4N2O2/c1-8(18(29)31)30-19(32)11-3-2-9(4-13(11)21)16(25)7-12(20(26,27)28)10-5-14(22)17(24)15(23)6-10/h2-8,12H,1H3,(H2,29,31)(H,30,32)/b16-7-/t8-,12?/m1/s1. The van der Waals surface area contributed by atoms with Crippen LogP contribution in [0.1, 0.15) is 34.3 Å². The number of amides is 2. The van der Waals surface area contributed by atoms with Gasteiger partial charge in [0.05, 0.1) is 20.6 Å². The van der Waals surface area contributed by atoms with Crippen LogP contribution in [0, 0.1) is 0 Å². The van der Waals surface area contributed by atoms with Crippen LogP contribution in [0.3, 0.4) is 0 Å². The predicted octanol–water partition coefficient (Wildman–Crippen LogP) is 6.67. The third-order valence-electron chi connectivity index (χ3n) is 4.29. The molecule has 0 saturated carbocycles. The summed E-state index contributed by atoms with van der Waals surface area (Å²) < 4.78 is 55.8. The fraction of sp³-hybridized carbons (Fsp3) is 0.200. The van der Waals surface area contributed by atoms with E-state index in [0.29, 0.717) is 6.08 Å². The fourth-order valence-electron chi connectivity index (χ4n) is 2.57. The number of nitrogens with two attached hydrogens (primary N) is 1. The van der Waals surface area contributed by atoms with E-state index in [1.807, 2.05) is 0 Å². The maximum atomic E-state index is 14.8. The number of alkyl halides is 3. The van der Waals surface area contributed by atoms with Gasteiger partial charge in [0.1, 0.15) is 17.8 Å². The molecule has 0 spiro atoms. The Kier molecular flexibility index (Phi) is 8.61. The van der Waals surface area contributed by atoms with Crippen LogP contribution in [0.4, 0.5) is 17.6 Å². The van der Waals surface area contributed by atoms with Crippen molar-refractivity contribution in [3.63, 3.8) is 0 Å². The van der Waals surface area contributed by atoms with Crippen LogP contribution in [-0.2, 0) is 4.79 Å². The van der Waals surface area contributed by atoms with Gasteiger partial charge in [-0.3, -0.25) is 9.59 Å². The largest absolute Gasteiger partial charge is 0.399 e. The van der Waals surface area contributed by atoms with Gasteiger partial charge < -0.3 is 11.1 Å². The van der Waals surface area contributed by atoms with Gasteiger partial charge in [-0.25, -0.2) is 4.39 Å². The molecule has 2 amide bonds. The summed E-state index contributed by atoms with van der Waals surface area (Å²) in [5.41, 5.74) is 4.48. The number of hydrogen-bond donors (Lipinski definition) is 2. The number of rotatable bonds is 6. The quantitative estimate of drug-likeness (QED) is 0.298. The van der Waals surface area contributed by atoms with Crippen molar-refractivity contribution >= 4 is 68.4 Å². The molecule has 2 atom stereocenters. The van der Waals surface area contributed by atoms with Crippen LogP contribution in [0.15, 0.2) is 40.9 Å². The Morgan fingerprint density at radius 1 is 1.12 bits per heavy atom. The lowest BCUT2D eigenvalue weighted by Crippen LogP contribution is -2.42. The Balaban J connectivity index is 2.42. The van der Waals surface area contributed by atoms with Gasteiger partial charge >= 0.3 is 6.18 Å². The molecule has 0 aromatic heterocycles. The van der Waals surface area contributed by atoms with E-state index in [1.165, 1.54) is 13.0 Å². The molecule has 0 saturated heterocycles. The molecule has 12 heteroatoms. The lowest BCUT2D eigenvalue weighted by molar-refractivity contribution is -0.139. The first-order valence-corrected chi connectivity index (χ1v) is 10.6. The summed E-state index contributed by atoms with van der Waals surface area (Å²) in [6.07, 6.45) is -4.49. The van der Waals surface area contributed by atoms with Crippen molar-refractivity contribution in [2.24, 2.45) is 5.73 Å². The van der Waals surface area contributed by atoms with Crippen molar-refractivity contribution in [2.75, 3.05) is 0 Å². The summed E-state index contributed by atoms with van der Waals surface area (Å²) in [5, 5.41) is 1.80. The zero-order chi connectivity index (χ0) is 24.4. The van der Waals surface area contributed by atoms with Gasteiger partial charge in [0, 0.05) is 10.0 Å². The maximum Gasteiger partial charge on any atom is 0.399 e. The van der Waals surface area contributed by atoms with Gasteiger partial charge in [-0.05, 0) is 58.8 Å². The molecule has 2 aromatic carbocycles. The lowest BCUT2D eigenvalue weighted by atomic mass is 9.96. The van der Waals surface area contributed by atoms with Crippen LogP contribution in [-0.4, -0.2) is 24.0 Å².